The summed E-state index contributed by atoms with van der Waals surface area (Å²) in [5, 5.41) is 2.83. The van der Waals surface area contributed by atoms with Crippen LogP contribution in [0.3, 0.4) is 0 Å². The fourth-order valence-corrected chi connectivity index (χ4v) is 4.54. The van der Waals surface area contributed by atoms with E-state index in [1.54, 1.807) is 24.3 Å². The predicted molar refractivity (Wildman–Crippen MR) is 116 cm³/mol. The van der Waals surface area contributed by atoms with Crippen LogP contribution in [0.15, 0.2) is 59.2 Å². The van der Waals surface area contributed by atoms with E-state index in [1.807, 2.05) is 6.07 Å². The van der Waals surface area contributed by atoms with Crippen molar-refractivity contribution in [1.29, 1.82) is 0 Å². The summed E-state index contributed by atoms with van der Waals surface area (Å²) in [6, 6.07) is 12.8. The zero-order chi connectivity index (χ0) is 20.5. The Balaban J connectivity index is 1.62. The highest BCUT2D eigenvalue weighted by Gasteiger charge is 2.35. The normalized spacial score (nSPS) is 15.3. The maximum absolute atomic E-state index is 14.3. The minimum Gasteiger partial charge on any atom is -0.467 e. The number of fused-ring (bicyclic) bond motifs is 1. The van der Waals surface area contributed by atoms with E-state index < -0.39 is 11.7 Å². The van der Waals surface area contributed by atoms with Gasteiger partial charge in [-0.1, -0.05) is 46.3 Å². The largest absolute Gasteiger partial charge is 0.467 e. The first-order valence-corrected chi connectivity index (χ1v) is 10.4. The maximum atomic E-state index is 14.3. The molecule has 1 aromatic heterocycles. The number of carbonyl (C=O) groups is 2. The Bertz CT molecular complexity index is 1070. The number of halogens is 3. The van der Waals surface area contributed by atoms with Gasteiger partial charge in [-0.25, -0.2) is 4.39 Å². The van der Waals surface area contributed by atoms with Crippen molar-refractivity contribution >= 4 is 51.7 Å². The van der Waals surface area contributed by atoms with Gasteiger partial charge in [-0.15, -0.1) is 0 Å². The zero-order valence-electron chi connectivity index (χ0n) is 15.0. The number of nitrogens with zero attached hydrogens (tertiary/aromatic N) is 1. The standard InChI is InChI=1S/C21H15ClFIN2O3/c22-15-4-1-5-16(23)19(15)21(28)26-17-9-13(7-6-12(17)10-18(26)24)20(27)25-11-14-3-2-8-29-14/h1-9,18H,10-11H2,(H,25,27). The number of furan rings is 1. The topological polar surface area (TPSA) is 62.6 Å². The Hall–Kier alpha value is -2.39. The third kappa shape index (κ3) is 3.89. The molecule has 5 nitrogen and oxygen atoms in total. The lowest BCUT2D eigenvalue weighted by Gasteiger charge is -2.22. The lowest BCUT2D eigenvalue weighted by atomic mass is 10.1. The summed E-state index contributed by atoms with van der Waals surface area (Å²) in [5.74, 6) is -0.860. The first kappa shape index (κ1) is 19.9. The second-order valence-electron chi connectivity index (χ2n) is 6.52. The van der Waals surface area contributed by atoms with Gasteiger partial charge in [0.05, 0.1) is 27.4 Å². The number of nitrogens with one attached hydrogen (secondary N) is 1. The quantitative estimate of drug-likeness (QED) is 0.298. The predicted octanol–water partition coefficient (Wildman–Crippen LogP) is 4.97. The Morgan fingerprint density at radius 2 is 2.07 bits per heavy atom. The molecule has 1 N–H and O–H groups in total. The van der Waals surface area contributed by atoms with Gasteiger partial charge in [-0.3, -0.25) is 14.5 Å². The first-order chi connectivity index (χ1) is 14.0. The van der Waals surface area contributed by atoms with Crippen LogP contribution >= 0.6 is 34.2 Å². The van der Waals surface area contributed by atoms with Gasteiger partial charge in [0.2, 0.25) is 0 Å². The molecule has 0 spiro atoms. The molecule has 0 saturated carbocycles. The average molecular weight is 525 g/mol. The molecule has 1 aliphatic rings. The summed E-state index contributed by atoms with van der Waals surface area (Å²) in [4.78, 5) is 27.1. The van der Waals surface area contributed by atoms with Crippen LogP contribution in [-0.2, 0) is 13.0 Å². The second kappa shape index (κ2) is 8.16. The average Bonchev–Trinajstić information content (AvgIpc) is 3.32. The van der Waals surface area contributed by atoms with Crippen LogP contribution in [0.4, 0.5) is 10.1 Å². The Morgan fingerprint density at radius 3 is 2.79 bits per heavy atom. The summed E-state index contributed by atoms with van der Waals surface area (Å²) in [6.45, 7) is 0.255. The van der Waals surface area contributed by atoms with Gasteiger partial charge in [0, 0.05) is 17.7 Å². The lowest BCUT2D eigenvalue weighted by molar-refractivity contribution is 0.0945. The van der Waals surface area contributed by atoms with E-state index in [0.717, 1.165) is 5.56 Å². The molecule has 0 radical (unpaired) electrons. The van der Waals surface area contributed by atoms with Gasteiger partial charge in [0.15, 0.2) is 0 Å². The van der Waals surface area contributed by atoms with Crippen LogP contribution in [0.25, 0.3) is 0 Å². The number of carbonyl (C=O) groups excluding carboxylic acids is 2. The summed E-state index contributed by atoms with van der Waals surface area (Å²) in [6.07, 6.45) is 2.14. The van der Waals surface area contributed by atoms with Crippen LogP contribution in [-0.4, -0.2) is 15.9 Å². The van der Waals surface area contributed by atoms with Crippen molar-refractivity contribution < 1.29 is 18.4 Å². The molecule has 148 valence electrons. The third-order valence-corrected chi connectivity index (χ3v) is 5.99. The van der Waals surface area contributed by atoms with Crippen molar-refractivity contribution in [2.75, 3.05) is 4.90 Å². The molecule has 29 heavy (non-hydrogen) atoms. The van der Waals surface area contributed by atoms with Crippen molar-refractivity contribution in [2.24, 2.45) is 0 Å². The first-order valence-electron chi connectivity index (χ1n) is 8.81. The van der Waals surface area contributed by atoms with Crippen molar-refractivity contribution in [3.05, 3.63) is 88.1 Å². The molecule has 2 aromatic carbocycles. The van der Waals surface area contributed by atoms with Crippen LogP contribution in [0, 0.1) is 5.82 Å². The van der Waals surface area contributed by atoms with E-state index in [1.165, 1.54) is 29.4 Å². The number of rotatable bonds is 4. The molecule has 0 aliphatic carbocycles. The molecule has 2 amide bonds. The zero-order valence-corrected chi connectivity index (χ0v) is 17.9. The number of anilines is 1. The summed E-state index contributed by atoms with van der Waals surface area (Å²) >= 11 is 8.22. The van der Waals surface area contributed by atoms with Gasteiger partial charge in [0.1, 0.15) is 11.6 Å². The number of amides is 2. The highest BCUT2D eigenvalue weighted by molar-refractivity contribution is 14.1. The molecule has 2 heterocycles. The number of hydrogen-bond donors (Lipinski definition) is 1. The van der Waals surface area contributed by atoms with Crippen LogP contribution < -0.4 is 10.2 Å². The second-order valence-corrected chi connectivity index (χ2v) is 8.36. The maximum Gasteiger partial charge on any atom is 0.263 e. The van der Waals surface area contributed by atoms with Crippen molar-refractivity contribution in [2.45, 2.75) is 17.0 Å². The summed E-state index contributed by atoms with van der Waals surface area (Å²) in [5.41, 5.74) is 1.72. The molecule has 3 aromatic rings. The fraction of sp³-hybridized carbons (Fsp3) is 0.143. The number of hydrogen-bond acceptors (Lipinski definition) is 3. The number of benzene rings is 2. The van der Waals surface area contributed by atoms with Crippen LogP contribution in [0.2, 0.25) is 5.02 Å². The van der Waals surface area contributed by atoms with Gasteiger partial charge in [0.25, 0.3) is 11.8 Å². The molecule has 1 atom stereocenters. The van der Waals surface area contributed by atoms with E-state index in [-0.39, 0.29) is 27.1 Å². The fourth-order valence-electron chi connectivity index (χ4n) is 3.27. The van der Waals surface area contributed by atoms with Crippen LogP contribution in [0.5, 0.6) is 0 Å². The van der Waals surface area contributed by atoms with Crippen molar-refractivity contribution in [3.8, 4) is 0 Å². The molecule has 8 heteroatoms. The Kier molecular flexibility index (Phi) is 5.60. The van der Waals surface area contributed by atoms with Crippen molar-refractivity contribution in [1.82, 2.24) is 5.32 Å². The molecular weight excluding hydrogens is 510 g/mol. The monoisotopic (exact) mass is 524 g/mol. The van der Waals surface area contributed by atoms with Gasteiger partial charge >= 0.3 is 0 Å². The van der Waals surface area contributed by atoms with E-state index in [2.05, 4.69) is 27.9 Å². The molecule has 4 rings (SSSR count). The van der Waals surface area contributed by atoms with E-state index >= 15 is 0 Å². The molecule has 1 aliphatic heterocycles. The summed E-state index contributed by atoms with van der Waals surface area (Å²) in [7, 11) is 0. The molecule has 1 unspecified atom stereocenters. The smallest absolute Gasteiger partial charge is 0.263 e. The van der Waals surface area contributed by atoms with Gasteiger partial charge in [-0.2, -0.15) is 0 Å². The van der Waals surface area contributed by atoms with Crippen molar-refractivity contribution in [3.63, 3.8) is 0 Å². The minimum absolute atomic E-state index is 0.0550. The van der Waals surface area contributed by atoms with E-state index in [4.69, 9.17) is 16.0 Å². The lowest BCUT2D eigenvalue weighted by Crippen LogP contribution is -2.35. The molecule has 0 saturated heterocycles. The molecule has 0 fully saturated rings. The van der Waals surface area contributed by atoms with Gasteiger partial charge in [-0.05, 0) is 42.0 Å². The Morgan fingerprint density at radius 1 is 1.24 bits per heavy atom. The van der Waals surface area contributed by atoms with E-state index in [0.29, 0.717) is 23.4 Å². The van der Waals surface area contributed by atoms with Gasteiger partial charge < -0.3 is 9.73 Å². The number of alkyl halides is 1. The molecule has 0 bridgehead atoms. The Labute approximate surface area is 185 Å². The third-order valence-electron chi connectivity index (χ3n) is 4.67. The van der Waals surface area contributed by atoms with Crippen LogP contribution in [0.1, 0.15) is 32.0 Å². The van der Waals surface area contributed by atoms with E-state index in [9.17, 15) is 14.0 Å². The SMILES string of the molecule is O=C(NCc1ccco1)c1ccc2c(c1)N(C(=O)c1c(F)cccc1Cl)C(I)C2. The highest BCUT2D eigenvalue weighted by atomic mass is 127. The molecular formula is C21H15ClFIN2O3. The summed E-state index contributed by atoms with van der Waals surface area (Å²) < 4.78 is 19.3. The minimum atomic E-state index is -0.674. The highest BCUT2D eigenvalue weighted by Crippen LogP contribution is 2.38.